The molecule has 7 nitrogen and oxygen atoms in total. The molecule has 1 aromatic heterocycles. The number of unbranched alkanes of at least 4 members (excludes halogenated alkanes) is 3. The van der Waals surface area contributed by atoms with E-state index in [2.05, 4.69) is 68.1 Å². The quantitative estimate of drug-likeness (QED) is 0.0741. The zero-order valence-electron chi connectivity index (χ0n) is 28.2. The number of allylic oxidation sites excluding steroid dienone is 2. The van der Waals surface area contributed by atoms with E-state index in [-0.39, 0.29) is 17.1 Å². The van der Waals surface area contributed by atoms with Crippen LogP contribution in [0.4, 0.5) is 0 Å². The maximum atomic E-state index is 11.9. The molecule has 0 radical (unpaired) electrons. The van der Waals surface area contributed by atoms with Gasteiger partial charge >= 0.3 is 5.97 Å². The lowest BCUT2D eigenvalue weighted by molar-refractivity contribution is -0.137. The van der Waals surface area contributed by atoms with Gasteiger partial charge in [-0.3, -0.25) is 9.59 Å². The largest absolute Gasteiger partial charge is 0.464 e. The van der Waals surface area contributed by atoms with Crippen molar-refractivity contribution in [2.24, 2.45) is 5.92 Å². The summed E-state index contributed by atoms with van der Waals surface area (Å²) in [5.74, 6) is -1.05. The van der Waals surface area contributed by atoms with Crippen molar-refractivity contribution in [3.8, 4) is 0 Å². The molecule has 8 heteroatoms. The molecule has 244 valence electrons. The second kappa shape index (κ2) is 24.7. The van der Waals surface area contributed by atoms with Crippen LogP contribution in [0.1, 0.15) is 147 Å². The molecule has 1 saturated carbocycles. The van der Waals surface area contributed by atoms with Gasteiger partial charge in [-0.15, -0.1) is 11.3 Å². The van der Waals surface area contributed by atoms with Crippen molar-refractivity contribution >= 4 is 29.1 Å². The Labute approximate surface area is 266 Å². The van der Waals surface area contributed by atoms with Gasteiger partial charge in [-0.05, 0) is 51.4 Å². The second-order valence-corrected chi connectivity index (χ2v) is 12.1. The smallest absolute Gasteiger partial charge is 0.353 e. The van der Waals surface area contributed by atoms with Gasteiger partial charge in [-0.2, -0.15) is 0 Å². The van der Waals surface area contributed by atoms with Gasteiger partial charge in [-0.1, -0.05) is 117 Å². The Balaban J connectivity index is 0.000000699. The normalized spacial score (nSPS) is 11.4. The van der Waals surface area contributed by atoms with Crippen molar-refractivity contribution in [1.29, 1.82) is 0 Å². The van der Waals surface area contributed by atoms with E-state index in [4.69, 9.17) is 0 Å². The molecule has 1 fully saturated rings. The summed E-state index contributed by atoms with van der Waals surface area (Å²) in [6.07, 6.45) is 20.0. The summed E-state index contributed by atoms with van der Waals surface area (Å²) in [4.78, 5) is 38.9. The highest BCUT2D eigenvalue weighted by Crippen LogP contribution is 2.33. The first-order valence-electron chi connectivity index (χ1n) is 16.3. The summed E-state index contributed by atoms with van der Waals surface area (Å²) in [5.41, 5.74) is 3.19. The van der Waals surface area contributed by atoms with Crippen LogP contribution in [0.3, 0.4) is 0 Å². The van der Waals surface area contributed by atoms with Crippen LogP contribution in [0.5, 0.6) is 0 Å². The number of aryl methyl sites for hydroxylation is 1. The molecule has 0 aromatic carbocycles. The third-order valence-corrected chi connectivity index (χ3v) is 7.99. The zero-order chi connectivity index (χ0) is 32.6. The van der Waals surface area contributed by atoms with Crippen molar-refractivity contribution in [2.45, 2.75) is 138 Å². The van der Waals surface area contributed by atoms with Gasteiger partial charge in [0.25, 0.3) is 11.8 Å². The average molecular weight is 618 g/mol. The third-order valence-electron chi connectivity index (χ3n) is 7.08. The van der Waals surface area contributed by atoms with E-state index in [9.17, 15) is 14.4 Å². The topological polar surface area (TPSA) is 97.4 Å². The van der Waals surface area contributed by atoms with Gasteiger partial charge in [-0.25, -0.2) is 9.78 Å². The number of carbonyl (C=O) groups excluding carboxylic acids is 3. The van der Waals surface area contributed by atoms with E-state index < -0.39 is 17.8 Å². The number of amides is 2. The van der Waals surface area contributed by atoms with Crippen molar-refractivity contribution in [1.82, 2.24) is 15.6 Å². The van der Waals surface area contributed by atoms with Gasteiger partial charge in [0.2, 0.25) is 0 Å². The minimum Gasteiger partial charge on any atom is -0.464 e. The van der Waals surface area contributed by atoms with Crippen LogP contribution in [-0.2, 0) is 20.7 Å². The molecule has 2 N–H and O–H groups in total. The maximum Gasteiger partial charge on any atom is 0.353 e. The number of ether oxygens (including phenoxy) is 1. The first kappa shape index (κ1) is 40.3. The molecule has 2 amide bonds. The molecule has 0 bridgehead atoms. The summed E-state index contributed by atoms with van der Waals surface area (Å²) in [5, 5.41) is 6.95. The Morgan fingerprint density at radius 2 is 1.49 bits per heavy atom. The molecule has 0 unspecified atom stereocenters. The Morgan fingerprint density at radius 3 is 1.98 bits per heavy atom. The Bertz CT molecular complexity index is 1010. The maximum absolute atomic E-state index is 11.9. The lowest BCUT2D eigenvalue weighted by atomic mass is 9.94. The van der Waals surface area contributed by atoms with Crippen molar-refractivity contribution in [3.05, 3.63) is 51.8 Å². The number of aromatic nitrogens is 1. The van der Waals surface area contributed by atoms with Crippen LogP contribution >= 0.6 is 11.3 Å². The van der Waals surface area contributed by atoms with E-state index in [0.29, 0.717) is 0 Å². The summed E-state index contributed by atoms with van der Waals surface area (Å²) in [6, 6.07) is 0. The number of rotatable bonds is 18. The Kier molecular flexibility index (Phi) is 23.1. The van der Waals surface area contributed by atoms with Crippen LogP contribution in [0.25, 0.3) is 0 Å². The number of thiazole rings is 1. The van der Waals surface area contributed by atoms with Gasteiger partial charge in [0, 0.05) is 5.38 Å². The molecule has 1 heterocycles. The minimum absolute atomic E-state index is 0.217. The van der Waals surface area contributed by atoms with Crippen molar-refractivity contribution < 1.29 is 19.1 Å². The van der Waals surface area contributed by atoms with E-state index in [1.54, 1.807) is 16.5 Å². The van der Waals surface area contributed by atoms with Crippen LogP contribution in [0.15, 0.2) is 41.1 Å². The fourth-order valence-electron chi connectivity index (χ4n) is 4.53. The number of carbonyl (C=O) groups is 3. The molecule has 0 aliphatic heterocycles. The molecule has 1 aliphatic rings. The first-order valence-corrected chi connectivity index (χ1v) is 17.2. The molecule has 0 saturated heterocycles. The monoisotopic (exact) mass is 617 g/mol. The lowest BCUT2D eigenvalue weighted by Gasteiger charge is -2.12. The van der Waals surface area contributed by atoms with Crippen molar-refractivity contribution in [3.63, 3.8) is 0 Å². The molecular formula is C35H59N3O4S. The first-order chi connectivity index (χ1) is 20.6. The number of methoxy groups -OCH3 is 1. The molecule has 1 aromatic rings. The number of hydrogen-bond acceptors (Lipinski definition) is 6. The molecule has 2 rings (SSSR count). The van der Waals surface area contributed by atoms with E-state index in [1.807, 2.05) is 6.92 Å². The van der Waals surface area contributed by atoms with Gasteiger partial charge in [0.05, 0.1) is 17.8 Å². The van der Waals surface area contributed by atoms with Crippen LogP contribution < -0.4 is 10.6 Å². The summed E-state index contributed by atoms with van der Waals surface area (Å²) >= 11 is 1.38. The predicted octanol–water partition coefficient (Wildman–Crippen LogP) is 9.21. The van der Waals surface area contributed by atoms with Gasteiger partial charge < -0.3 is 15.4 Å². The minimum atomic E-state index is -0.781. The van der Waals surface area contributed by atoms with Crippen LogP contribution in [-0.4, -0.2) is 29.9 Å². The molecule has 1 aliphatic carbocycles. The molecule has 43 heavy (non-hydrogen) atoms. The zero-order valence-corrected chi connectivity index (χ0v) is 29.0. The Morgan fingerprint density at radius 1 is 0.884 bits per heavy atom. The SMILES string of the molecule is C=C(NC(=O)c1csc(CCC)n1)C(=O)NC(=C)C(=O)OC.CCCC(CCC)CCC.CCCCCCC(C)=C1CC1. The summed E-state index contributed by atoms with van der Waals surface area (Å²) in [6.45, 7) is 20.2. The highest BCUT2D eigenvalue weighted by atomic mass is 32.1. The fraction of sp³-hybridized carbons (Fsp3) is 0.657. The highest BCUT2D eigenvalue weighted by Gasteiger charge is 2.17. The van der Waals surface area contributed by atoms with E-state index in [0.717, 1.165) is 30.9 Å². The van der Waals surface area contributed by atoms with Crippen molar-refractivity contribution in [2.75, 3.05) is 7.11 Å². The van der Waals surface area contributed by atoms with E-state index in [1.165, 1.54) is 94.8 Å². The predicted molar refractivity (Wildman–Crippen MR) is 181 cm³/mol. The third kappa shape index (κ3) is 19.2. The van der Waals surface area contributed by atoms with Gasteiger partial charge in [0.1, 0.15) is 11.4 Å². The average Bonchev–Trinajstić information content (AvgIpc) is 3.74. The number of esters is 1. The lowest BCUT2D eigenvalue weighted by Crippen LogP contribution is -2.35. The Hall–Kier alpha value is -2.74. The summed E-state index contributed by atoms with van der Waals surface area (Å²) < 4.78 is 4.39. The number of nitrogens with zero attached hydrogens (tertiary/aromatic N) is 1. The fourth-order valence-corrected chi connectivity index (χ4v) is 5.41. The van der Waals surface area contributed by atoms with Crippen LogP contribution in [0, 0.1) is 5.92 Å². The highest BCUT2D eigenvalue weighted by molar-refractivity contribution is 7.09. The van der Waals surface area contributed by atoms with Gasteiger partial charge in [0.15, 0.2) is 0 Å². The molecule has 0 spiro atoms. The summed E-state index contributed by atoms with van der Waals surface area (Å²) in [7, 11) is 1.16. The second-order valence-electron chi connectivity index (χ2n) is 11.2. The number of nitrogens with one attached hydrogen (secondary N) is 2. The standard InChI is InChI=1S/C14H17N3O4S.C11H20.C10H22/c1-5-6-11-17-10(7-22-11)13(19)15-8(2)12(18)16-9(3)14(20)21-4;1-3-4-5-6-7-10(2)11-8-9-11;1-4-7-10(8-5-2)9-6-3/h7H,2-3,5-6H2,1,4H3,(H,15,19)(H,16,18);3-9H2,1-2H3;10H,4-9H2,1-3H3. The van der Waals surface area contributed by atoms with E-state index >= 15 is 0 Å². The van der Waals surface area contributed by atoms with Crippen LogP contribution in [0.2, 0.25) is 0 Å². The number of hydrogen-bond donors (Lipinski definition) is 2. The molecule has 0 atom stereocenters. The molecular weight excluding hydrogens is 558 g/mol.